The average Bonchev–Trinajstić information content (AvgIpc) is 1.38. The van der Waals surface area contributed by atoms with E-state index in [0.717, 1.165) is 0 Å². The van der Waals surface area contributed by atoms with Crippen LogP contribution in [-0.4, -0.2) is 16.1 Å². The second-order valence-corrected chi connectivity index (χ2v) is 1.09. The summed E-state index contributed by atoms with van der Waals surface area (Å²) in [4.78, 5) is 2.01. The molecule has 0 aromatic heterocycles. The lowest BCUT2D eigenvalue weighted by Gasteiger charge is -1.81. The van der Waals surface area contributed by atoms with Gasteiger partial charge in [-0.15, -0.1) is 0 Å². The van der Waals surface area contributed by atoms with Gasteiger partial charge in [0.25, 0.3) is 0 Å². The Balaban J connectivity index is -0.0000000800. The minimum Gasteiger partial charge on any atom is -0.412 e. The van der Waals surface area contributed by atoms with Crippen molar-refractivity contribution in [3.63, 3.8) is 0 Å². The summed E-state index contributed by atoms with van der Waals surface area (Å²) in [5.41, 5.74) is 4.78. The fourth-order valence-corrected chi connectivity index (χ4v) is 0. The fraction of sp³-hybridized carbons (Fsp3) is 0. The van der Waals surface area contributed by atoms with Crippen LogP contribution in [0.25, 0.3) is 0 Å². The molecular weight excluding hydrogens is 140 g/mol. The normalized spacial score (nSPS) is 4.71. The second kappa shape index (κ2) is 9.31. The van der Waals surface area contributed by atoms with Crippen LogP contribution in [-0.2, 0) is 0 Å². The molecule has 0 radical (unpaired) electrons. The van der Waals surface area contributed by atoms with Crippen LogP contribution in [0.1, 0.15) is 0 Å². The maximum atomic E-state index is 4.82. The van der Waals surface area contributed by atoms with Gasteiger partial charge in [0.05, 0.1) is 0 Å². The Morgan fingerprint density at radius 1 is 1.57 bits per heavy atom. The number of halogens is 1. The molecule has 4 nitrogen and oxygen atoms in total. The summed E-state index contributed by atoms with van der Waals surface area (Å²) in [5, 5.41) is 0.103. The zero-order valence-corrected chi connectivity index (χ0v) is 4.94. The SMILES string of the molecule is NC(=S)NCl.O.O. The van der Waals surface area contributed by atoms with E-state index >= 15 is 0 Å². The number of rotatable bonds is 0. The van der Waals surface area contributed by atoms with E-state index in [2.05, 4.69) is 12.2 Å². The van der Waals surface area contributed by atoms with Gasteiger partial charge < -0.3 is 16.7 Å². The standard InChI is InChI=1S/CH3ClN2S.2H2O/c2-4-1(3)5;;/h(H3,3,4,5);2*1H2. The average molecular weight is 147 g/mol. The summed E-state index contributed by atoms with van der Waals surface area (Å²) < 4.78 is 0. The largest absolute Gasteiger partial charge is 0.412 e. The summed E-state index contributed by atoms with van der Waals surface area (Å²) in [6.45, 7) is 0. The van der Waals surface area contributed by atoms with Crippen LogP contribution in [0.2, 0.25) is 0 Å². The molecule has 46 valence electrons. The molecule has 0 aliphatic carbocycles. The molecule has 0 amide bonds. The molecule has 7 N–H and O–H groups in total. The highest BCUT2D eigenvalue weighted by atomic mass is 35.5. The van der Waals surface area contributed by atoms with Gasteiger partial charge in [-0.25, -0.2) is 0 Å². The van der Waals surface area contributed by atoms with E-state index in [1.54, 1.807) is 0 Å². The van der Waals surface area contributed by atoms with Crippen LogP contribution >= 0.6 is 24.0 Å². The summed E-state index contributed by atoms with van der Waals surface area (Å²) in [6.07, 6.45) is 0. The van der Waals surface area contributed by atoms with E-state index in [0.29, 0.717) is 0 Å². The first kappa shape index (κ1) is 15.8. The third kappa shape index (κ3) is 24.9. The third-order valence-corrected chi connectivity index (χ3v) is 0.511. The van der Waals surface area contributed by atoms with Gasteiger partial charge in [0.15, 0.2) is 5.11 Å². The van der Waals surface area contributed by atoms with Gasteiger partial charge in [-0.05, 0) is 12.2 Å². The highest BCUT2D eigenvalue weighted by molar-refractivity contribution is 7.80. The smallest absolute Gasteiger partial charge is 0.178 e. The molecule has 0 saturated heterocycles. The number of hydrogen-bond acceptors (Lipinski definition) is 1. The second-order valence-electron chi connectivity index (χ2n) is 0.459. The molecule has 7 heavy (non-hydrogen) atoms. The van der Waals surface area contributed by atoms with Crippen LogP contribution in [0.5, 0.6) is 0 Å². The number of thiocarbonyl (C=S) groups is 1. The lowest BCUT2D eigenvalue weighted by molar-refractivity contribution is 0.823. The van der Waals surface area contributed by atoms with E-state index in [1.807, 2.05) is 4.84 Å². The molecule has 0 aliphatic heterocycles. The predicted molar refractivity (Wildman–Crippen MR) is 33.0 cm³/mol. The van der Waals surface area contributed by atoms with Crippen molar-refractivity contribution in [2.24, 2.45) is 5.73 Å². The zero-order valence-electron chi connectivity index (χ0n) is 3.36. The number of hydrogen-bond donors (Lipinski definition) is 2. The topological polar surface area (TPSA) is 101 Å². The van der Waals surface area contributed by atoms with E-state index < -0.39 is 0 Å². The first-order chi connectivity index (χ1) is 2.27. The molecule has 0 bridgehead atoms. The van der Waals surface area contributed by atoms with Crippen molar-refractivity contribution in [3.8, 4) is 0 Å². The molecule has 0 aromatic rings. The molecule has 0 rings (SSSR count). The van der Waals surface area contributed by atoms with Gasteiger partial charge in [0.2, 0.25) is 0 Å². The van der Waals surface area contributed by atoms with Crippen molar-refractivity contribution in [3.05, 3.63) is 0 Å². The molecule has 6 heteroatoms. The van der Waals surface area contributed by atoms with Gasteiger partial charge in [-0.1, -0.05) is 0 Å². The van der Waals surface area contributed by atoms with Gasteiger partial charge in [0, 0.05) is 11.8 Å². The van der Waals surface area contributed by atoms with Crippen LogP contribution in [0.3, 0.4) is 0 Å². The van der Waals surface area contributed by atoms with Gasteiger partial charge in [0.1, 0.15) is 0 Å². The van der Waals surface area contributed by atoms with Crippen molar-refractivity contribution in [2.75, 3.05) is 0 Å². The highest BCUT2D eigenvalue weighted by Crippen LogP contribution is 1.56. The molecule has 0 aliphatic rings. The Hall–Kier alpha value is -0.100. The Kier molecular flexibility index (Phi) is 21.0. The van der Waals surface area contributed by atoms with E-state index in [9.17, 15) is 0 Å². The Labute approximate surface area is 51.4 Å². The van der Waals surface area contributed by atoms with Crippen LogP contribution in [0, 0.1) is 0 Å². The van der Waals surface area contributed by atoms with Gasteiger partial charge >= 0.3 is 0 Å². The first-order valence-electron chi connectivity index (χ1n) is 0.932. The van der Waals surface area contributed by atoms with Crippen LogP contribution in [0.15, 0.2) is 0 Å². The quantitative estimate of drug-likeness (QED) is 0.315. The van der Waals surface area contributed by atoms with Crippen molar-refractivity contribution >= 4 is 29.1 Å². The van der Waals surface area contributed by atoms with E-state index in [1.165, 1.54) is 0 Å². The summed E-state index contributed by atoms with van der Waals surface area (Å²) in [6, 6.07) is 0. The molecule has 0 aromatic carbocycles. The maximum absolute atomic E-state index is 4.82. The Morgan fingerprint density at radius 3 is 1.71 bits per heavy atom. The molecule has 0 spiro atoms. The molecule has 0 fully saturated rings. The van der Waals surface area contributed by atoms with Crippen molar-refractivity contribution in [1.82, 2.24) is 4.84 Å². The summed E-state index contributed by atoms with van der Waals surface area (Å²) >= 11 is 9.05. The highest BCUT2D eigenvalue weighted by Gasteiger charge is 1.69. The van der Waals surface area contributed by atoms with E-state index in [-0.39, 0.29) is 16.1 Å². The van der Waals surface area contributed by atoms with Crippen LogP contribution in [0.4, 0.5) is 0 Å². The summed E-state index contributed by atoms with van der Waals surface area (Å²) in [7, 11) is 0. The molecule has 0 unspecified atom stereocenters. The van der Waals surface area contributed by atoms with Gasteiger partial charge in [-0.3, -0.25) is 4.84 Å². The zero-order chi connectivity index (χ0) is 4.28. The molecular formula is CH7ClN2O2S. The Bertz CT molecular complexity index is 51.0. The van der Waals surface area contributed by atoms with Crippen molar-refractivity contribution in [2.45, 2.75) is 0 Å². The lowest BCUT2D eigenvalue weighted by atomic mass is 11.3. The number of nitrogens with two attached hydrogens (primary N) is 1. The minimum atomic E-state index is 0. The fourth-order valence-electron chi connectivity index (χ4n) is 0. The third-order valence-electron chi connectivity index (χ3n) is 0.0931. The van der Waals surface area contributed by atoms with Gasteiger partial charge in [-0.2, -0.15) is 0 Å². The van der Waals surface area contributed by atoms with Crippen molar-refractivity contribution < 1.29 is 11.0 Å². The van der Waals surface area contributed by atoms with Crippen molar-refractivity contribution in [1.29, 1.82) is 0 Å². The van der Waals surface area contributed by atoms with Crippen LogP contribution < -0.4 is 10.6 Å². The first-order valence-corrected chi connectivity index (χ1v) is 1.72. The van der Waals surface area contributed by atoms with E-state index in [4.69, 9.17) is 17.5 Å². The summed E-state index contributed by atoms with van der Waals surface area (Å²) in [5.74, 6) is 0. The number of nitrogens with one attached hydrogen (secondary N) is 1. The monoisotopic (exact) mass is 146 g/mol. The molecule has 0 heterocycles. The molecule has 0 saturated carbocycles. The predicted octanol–water partition coefficient (Wildman–Crippen LogP) is -1.68. The minimum absolute atomic E-state index is 0. The Morgan fingerprint density at radius 2 is 1.71 bits per heavy atom. The maximum Gasteiger partial charge on any atom is 0.178 e. The lowest BCUT2D eigenvalue weighted by Crippen LogP contribution is -2.19. The molecule has 0 atom stereocenters.